The Hall–Kier alpha value is -3.35. The zero-order valence-corrected chi connectivity index (χ0v) is 19.2. The number of unbranched alkanes of at least 4 members (excludes halogenated alkanes) is 2. The summed E-state index contributed by atoms with van der Waals surface area (Å²) in [6.07, 6.45) is 3.53. The van der Waals surface area contributed by atoms with E-state index in [0.717, 1.165) is 42.5 Å². The normalized spacial score (nSPS) is 11.9. The van der Waals surface area contributed by atoms with Crippen LogP contribution in [0.3, 0.4) is 0 Å². The Morgan fingerprint density at radius 2 is 1.78 bits per heavy atom. The number of carbonyl (C=O) groups is 2. The first kappa shape index (κ1) is 23.3. The topological polar surface area (TPSA) is 82.5 Å². The lowest BCUT2D eigenvalue weighted by molar-refractivity contribution is -0.119. The van der Waals surface area contributed by atoms with Gasteiger partial charge >= 0.3 is 0 Å². The van der Waals surface area contributed by atoms with E-state index in [-0.39, 0.29) is 17.7 Å². The number of fused-ring (bicyclic) bond motifs is 1. The molecule has 7 heteroatoms. The second-order valence-corrected chi connectivity index (χ2v) is 7.81. The number of benzene rings is 2. The average molecular weight is 438 g/mol. The largest absolute Gasteiger partial charge is 0.493 e. The third kappa shape index (κ3) is 5.28. The highest BCUT2D eigenvalue weighted by molar-refractivity contribution is 5.94. The number of aryl methyl sites for hydroxylation is 1. The number of amides is 1. The molecule has 3 rings (SSSR count). The summed E-state index contributed by atoms with van der Waals surface area (Å²) >= 11 is 0. The number of nitrogens with zero attached hydrogens (tertiary/aromatic N) is 2. The summed E-state index contributed by atoms with van der Waals surface area (Å²) < 4.78 is 12.5. The summed E-state index contributed by atoms with van der Waals surface area (Å²) in [5.74, 6) is 2.04. The monoisotopic (exact) mass is 437 g/mol. The van der Waals surface area contributed by atoms with Crippen molar-refractivity contribution < 1.29 is 19.1 Å². The van der Waals surface area contributed by atoms with E-state index in [1.54, 1.807) is 39.3 Å². The molecule has 1 aromatic heterocycles. The Morgan fingerprint density at radius 1 is 1.03 bits per heavy atom. The molecule has 0 saturated carbocycles. The van der Waals surface area contributed by atoms with Crippen LogP contribution in [0, 0.1) is 0 Å². The molecular weight excluding hydrogens is 406 g/mol. The third-order valence-corrected chi connectivity index (χ3v) is 5.65. The highest BCUT2D eigenvalue weighted by Crippen LogP contribution is 2.27. The van der Waals surface area contributed by atoms with Gasteiger partial charge in [-0.15, -0.1) is 0 Å². The van der Waals surface area contributed by atoms with Gasteiger partial charge in [0.2, 0.25) is 0 Å². The van der Waals surface area contributed by atoms with Crippen LogP contribution < -0.4 is 14.8 Å². The van der Waals surface area contributed by atoms with Crippen molar-refractivity contribution in [2.24, 2.45) is 0 Å². The Morgan fingerprint density at radius 3 is 2.50 bits per heavy atom. The maximum absolute atomic E-state index is 12.4. The lowest BCUT2D eigenvalue weighted by Crippen LogP contribution is -2.24. The van der Waals surface area contributed by atoms with Crippen molar-refractivity contribution >= 4 is 22.7 Å². The lowest BCUT2D eigenvalue weighted by Gasteiger charge is -2.15. The number of hydrogen-bond donors (Lipinski definition) is 1. The molecule has 0 aliphatic heterocycles. The lowest BCUT2D eigenvalue weighted by atomic mass is 10.1. The number of carbonyl (C=O) groups excluding carboxylic acids is 2. The zero-order chi connectivity index (χ0) is 23.1. The Balaban J connectivity index is 1.51. The van der Waals surface area contributed by atoms with Crippen molar-refractivity contribution in [1.82, 2.24) is 14.9 Å². The average Bonchev–Trinajstić information content (AvgIpc) is 3.18. The van der Waals surface area contributed by atoms with E-state index < -0.39 is 0 Å². The van der Waals surface area contributed by atoms with E-state index in [2.05, 4.69) is 9.88 Å². The molecule has 1 unspecified atom stereocenters. The second-order valence-electron chi connectivity index (χ2n) is 7.81. The van der Waals surface area contributed by atoms with Gasteiger partial charge in [-0.3, -0.25) is 9.59 Å². The molecule has 170 valence electrons. The first-order chi connectivity index (χ1) is 15.5. The molecule has 0 radical (unpaired) electrons. The maximum Gasteiger partial charge on any atom is 0.251 e. The number of nitrogens with one attached hydrogen (secondary N) is 1. The molecule has 7 nitrogen and oxygen atoms in total. The van der Waals surface area contributed by atoms with Crippen LogP contribution in [0.15, 0.2) is 42.5 Å². The summed E-state index contributed by atoms with van der Waals surface area (Å²) in [5, 5.41) is 2.95. The number of para-hydroxylation sites is 2. The highest BCUT2D eigenvalue weighted by Gasteiger charge is 2.18. The van der Waals surface area contributed by atoms with Crippen molar-refractivity contribution in [3.63, 3.8) is 0 Å². The molecule has 1 atom stereocenters. The van der Waals surface area contributed by atoms with E-state index in [9.17, 15) is 9.59 Å². The number of hydrogen-bond acceptors (Lipinski definition) is 5. The van der Waals surface area contributed by atoms with Crippen LogP contribution in [0.5, 0.6) is 11.5 Å². The van der Waals surface area contributed by atoms with Crippen LogP contribution in [-0.2, 0) is 11.2 Å². The number of methoxy groups -OCH3 is 2. The van der Waals surface area contributed by atoms with Gasteiger partial charge < -0.3 is 19.4 Å². The number of imidazole rings is 1. The first-order valence-electron chi connectivity index (χ1n) is 10.9. The molecule has 0 saturated heterocycles. The van der Waals surface area contributed by atoms with Crippen molar-refractivity contribution in [1.29, 1.82) is 0 Å². The smallest absolute Gasteiger partial charge is 0.251 e. The van der Waals surface area contributed by atoms with E-state index in [1.807, 2.05) is 31.2 Å². The van der Waals surface area contributed by atoms with Crippen LogP contribution in [-0.4, -0.2) is 42.0 Å². The summed E-state index contributed by atoms with van der Waals surface area (Å²) in [7, 11) is 3.11. The van der Waals surface area contributed by atoms with Gasteiger partial charge in [0.1, 0.15) is 5.82 Å². The van der Waals surface area contributed by atoms with Crippen LogP contribution in [0.4, 0.5) is 0 Å². The van der Waals surface area contributed by atoms with Crippen LogP contribution in [0.25, 0.3) is 11.0 Å². The quantitative estimate of drug-likeness (QED) is 0.451. The van der Waals surface area contributed by atoms with E-state index in [4.69, 9.17) is 14.5 Å². The molecular formula is C25H31N3O4. The minimum absolute atomic E-state index is 0.118. The molecule has 2 aromatic carbocycles. The molecule has 3 aromatic rings. The van der Waals surface area contributed by atoms with Gasteiger partial charge in [-0.1, -0.05) is 18.6 Å². The molecule has 32 heavy (non-hydrogen) atoms. The van der Waals surface area contributed by atoms with Gasteiger partial charge in [0.15, 0.2) is 17.3 Å². The molecule has 0 bridgehead atoms. The van der Waals surface area contributed by atoms with Crippen molar-refractivity contribution in [3.05, 3.63) is 53.9 Å². The van der Waals surface area contributed by atoms with Crippen molar-refractivity contribution in [2.75, 3.05) is 20.8 Å². The molecule has 1 heterocycles. The van der Waals surface area contributed by atoms with Crippen LogP contribution in [0.1, 0.15) is 55.3 Å². The minimum Gasteiger partial charge on any atom is -0.493 e. The van der Waals surface area contributed by atoms with E-state index in [1.165, 1.54) is 0 Å². The Kier molecular flexibility index (Phi) is 7.87. The fourth-order valence-corrected chi connectivity index (χ4v) is 3.75. The Bertz CT molecular complexity index is 1090. The van der Waals surface area contributed by atoms with E-state index >= 15 is 0 Å². The second kappa shape index (κ2) is 10.8. The van der Waals surface area contributed by atoms with Crippen LogP contribution >= 0.6 is 0 Å². The maximum atomic E-state index is 12.4. The molecule has 0 aliphatic carbocycles. The van der Waals surface area contributed by atoms with Crippen molar-refractivity contribution in [2.45, 2.75) is 45.6 Å². The predicted octanol–water partition coefficient (Wildman–Crippen LogP) is 4.35. The number of Topliss-reactive ketones (excluding diaryl/α,β-unsaturated/α-hetero) is 1. The SMILES string of the molecule is COc1ccc(C(=O)NCCCCCc2nc3ccccc3n2C(C)C(C)=O)cc1OC. The zero-order valence-electron chi connectivity index (χ0n) is 19.2. The van der Waals surface area contributed by atoms with Gasteiger partial charge in [-0.25, -0.2) is 4.98 Å². The minimum atomic E-state index is -0.238. The van der Waals surface area contributed by atoms with E-state index in [0.29, 0.717) is 23.6 Å². The summed E-state index contributed by atoms with van der Waals surface area (Å²) in [5.41, 5.74) is 2.44. The fourth-order valence-electron chi connectivity index (χ4n) is 3.75. The molecule has 0 aliphatic rings. The van der Waals surface area contributed by atoms with Gasteiger partial charge in [0.05, 0.1) is 31.3 Å². The fraction of sp³-hybridized carbons (Fsp3) is 0.400. The van der Waals surface area contributed by atoms with Gasteiger partial charge in [0, 0.05) is 18.5 Å². The summed E-state index contributed by atoms with van der Waals surface area (Å²) in [6.45, 7) is 4.13. The number of rotatable bonds is 11. The van der Waals surface area contributed by atoms with Crippen molar-refractivity contribution in [3.8, 4) is 11.5 Å². The van der Waals surface area contributed by atoms with Gasteiger partial charge in [-0.05, 0) is 57.0 Å². The molecule has 0 fully saturated rings. The van der Waals surface area contributed by atoms with Gasteiger partial charge in [0.25, 0.3) is 5.91 Å². The third-order valence-electron chi connectivity index (χ3n) is 5.65. The number of ketones is 1. The molecule has 0 spiro atoms. The van der Waals surface area contributed by atoms with Crippen LogP contribution in [0.2, 0.25) is 0 Å². The first-order valence-corrected chi connectivity index (χ1v) is 10.9. The molecule has 1 N–H and O–H groups in total. The Labute approximate surface area is 188 Å². The molecule has 1 amide bonds. The summed E-state index contributed by atoms with van der Waals surface area (Å²) in [6, 6.07) is 12.8. The highest BCUT2D eigenvalue weighted by atomic mass is 16.5. The van der Waals surface area contributed by atoms with Gasteiger partial charge in [-0.2, -0.15) is 0 Å². The standard InChI is InChI=1S/C25H31N3O4/c1-17(18(2)29)28-21-11-8-7-10-20(21)27-24(28)12-6-5-9-15-26-25(30)19-13-14-22(31-3)23(16-19)32-4/h7-8,10-11,13-14,16-17H,5-6,9,12,15H2,1-4H3,(H,26,30). The summed E-state index contributed by atoms with van der Waals surface area (Å²) in [4.78, 5) is 29.2. The predicted molar refractivity (Wildman–Crippen MR) is 125 cm³/mol. The number of ether oxygens (including phenoxy) is 2. The number of aromatic nitrogens is 2.